The molecule has 0 aromatic heterocycles. The minimum Gasteiger partial charge on any atom is -0.378 e. The molecule has 1 aromatic carbocycles. The number of morpholine rings is 1. The van der Waals surface area contributed by atoms with Crippen molar-refractivity contribution in [1.29, 1.82) is 5.26 Å². The van der Waals surface area contributed by atoms with Gasteiger partial charge in [-0.15, -0.1) is 0 Å². The van der Waals surface area contributed by atoms with Crippen LogP contribution in [0.4, 0.5) is 23.2 Å². The molecule has 2 fully saturated rings. The van der Waals surface area contributed by atoms with E-state index in [0.29, 0.717) is 0 Å². The van der Waals surface area contributed by atoms with E-state index in [0.717, 1.165) is 18.2 Å². The molecule has 2 saturated heterocycles. The second-order valence-corrected chi connectivity index (χ2v) is 10.1. The van der Waals surface area contributed by atoms with Crippen LogP contribution in [0.5, 0.6) is 0 Å². The summed E-state index contributed by atoms with van der Waals surface area (Å²) >= 11 is 0. The predicted molar refractivity (Wildman–Crippen MR) is 139 cm³/mol. The first-order valence-corrected chi connectivity index (χ1v) is 12.9. The third kappa shape index (κ3) is 5.52. The summed E-state index contributed by atoms with van der Waals surface area (Å²) < 4.78 is 62.7. The Hall–Kier alpha value is -4.31. The van der Waals surface area contributed by atoms with E-state index in [1.54, 1.807) is 13.0 Å². The topological polar surface area (TPSA) is 115 Å². The zero-order chi connectivity index (χ0) is 29.5. The number of nitrogens with one attached hydrogen (secondary N) is 1. The maximum absolute atomic E-state index is 14.4. The van der Waals surface area contributed by atoms with E-state index in [1.807, 2.05) is 0 Å². The highest BCUT2D eigenvalue weighted by atomic mass is 19.4. The molecule has 0 bridgehead atoms. The standard InChI is InChI=1S/C28H25F4N5O4/c1-15-9-17(34-26(39)19-12-23(38)35-24-18(19)3-2-4-22(24)29)14-37(15)25-20(27(40)36-5-7-41-8-6-36)10-16(13-33)11-21(25)28(30,31)32/h2-4,10-12,15,17,22H,5-9,14H2,1H3,(H,34,39)/t15-,17-,22?/m1/s1. The smallest absolute Gasteiger partial charge is 0.378 e. The van der Waals surface area contributed by atoms with Gasteiger partial charge in [0.15, 0.2) is 6.17 Å². The van der Waals surface area contributed by atoms with Gasteiger partial charge in [-0.05, 0) is 31.6 Å². The summed E-state index contributed by atoms with van der Waals surface area (Å²) in [6.45, 7) is 2.43. The van der Waals surface area contributed by atoms with Crippen molar-refractivity contribution in [2.24, 2.45) is 4.99 Å². The molecule has 214 valence electrons. The van der Waals surface area contributed by atoms with Gasteiger partial charge in [0.25, 0.3) is 17.7 Å². The van der Waals surface area contributed by atoms with Gasteiger partial charge < -0.3 is 19.9 Å². The van der Waals surface area contributed by atoms with Crippen LogP contribution in [0.25, 0.3) is 0 Å². The quantitative estimate of drug-likeness (QED) is 0.556. The number of alkyl halides is 4. The van der Waals surface area contributed by atoms with Crippen molar-refractivity contribution in [2.75, 3.05) is 37.7 Å². The Balaban J connectivity index is 1.46. The number of benzene rings is 1. The number of amides is 3. The summed E-state index contributed by atoms with van der Waals surface area (Å²) in [5.41, 5.74) is -2.15. The predicted octanol–water partition coefficient (Wildman–Crippen LogP) is 2.87. The van der Waals surface area contributed by atoms with Crippen molar-refractivity contribution < 1.29 is 36.7 Å². The Morgan fingerprint density at radius 1 is 1.22 bits per heavy atom. The first-order valence-electron chi connectivity index (χ1n) is 12.9. The molecular weight excluding hydrogens is 546 g/mol. The SMILES string of the molecule is C[C@@H]1C[C@@H](NC(=O)C2=CC(=O)N=C3C2=CC=CC3F)CN1c1c(C(=O)N2CCOCC2)cc(C#N)cc1C(F)(F)F. The largest absolute Gasteiger partial charge is 0.418 e. The third-order valence-corrected chi connectivity index (χ3v) is 7.38. The van der Waals surface area contributed by atoms with Crippen LogP contribution in [-0.4, -0.2) is 79.4 Å². The van der Waals surface area contributed by atoms with Crippen molar-refractivity contribution in [1.82, 2.24) is 10.2 Å². The normalized spacial score (nSPS) is 24.2. The number of dihydropyridines is 1. The molecule has 1 aromatic rings. The van der Waals surface area contributed by atoms with E-state index in [9.17, 15) is 37.2 Å². The van der Waals surface area contributed by atoms with Gasteiger partial charge in [0.1, 0.15) is 0 Å². The molecule has 3 atom stereocenters. The Bertz CT molecular complexity index is 1470. The van der Waals surface area contributed by atoms with Crippen LogP contribution in [0.15, 0.2) is 52.6 Å². The number of nitriles is 1. The fraction of sp³-hybridized carbons (Fsp3) is 0.393. The Kier molecular flexibility index (Phi) is 7.52. The number of anilines is 1. The summed E-state index contributed by atoms with van der Waals surface area (Å²) in [5.74, 6) is -2.14. The van der Waals surface area contributed by atoms with E-state index < -0.39 is 47.7 Å². The second kappa shape index (κ2) is 10.9. The van der Waals surface area contributed by atoms with Gasteiger partial charge >= 0.3 is 6.18 Å². The average molecular weight is 572 g/mol. The molecule has 0 spiro atoms. The van der Waals surface area contributed by atoms with E-state index in [4.69, 9.17) is 4.74 Å². The third-order valence-electron chi connectivity index (χ3n) is 7.38. The number of halogens is 4. The molecule has 1 unspecified atom stereocenters. The van der Waals surface area contributed by atoms with Crippen molar-refractivity contribution in [3.8, 4) is 6.07 Å². The maximum Gasteiger partial charge on any atom is 0.418 e. The van der Waals surface area contributed by atoms with Gasteiger partial charge in [-0.2, -0.15) is 18.4 Å². The van der Waals surface area contributed by atoms with Crippen LogP contribution in [0.3, 0.4) is 0 Å². The molecule has 3 aliphatic heterocycles. The first-order chi connectivity index (χ1) is 19.5. The highest BCUT2D eigenvalue weighted by molar-refractivity contribution is 6.24. The molecule has 13 heteroatoms. The number of carbonyl (C=O) groups excluding carboxylic acids is 3. The monoisotopic (exact) mass is 571 g/mol. The van der Waals surface area contributed by atoms with Crippen LogP contribution in [0.1, 0.15) is 34.8 Å². The Labute approximate surface area is 232 Å². The van der Waals surface area contributed by atoms with Crippen LogP contribution in [-0.2, 0) is 20.5 Å². The molecule has 1 N–H and O–H groups in total. The van der Waals surface area contributed by atoms with Crippen molar-refractivity contribution in [2.45, 2.75) is 37.8 Å². The van der Waals surface area contributed by atoms with Gasteiger partial charge in [-0.25, -0.2) is 9.38 Å². The Morgan fingerprint density at radius 2 is 1.95 bits per heavy atom. The minimum atomic E-state index is -4.88. The zero-order valence-electron chi connectivity index (χ0n) is 21.9. The summed E-state index contributed by atoms with van der Waals surface area (Å²) in [7, 11) is 0. The lowest BCUT2D eigenvalue weighted by molar-refractivity contribution is -0.137. The van der Waals surface area contributed by atoms with Gasteiger partial charge in [0.2, 0.25) is 0 Å². The molecule has 3 heterocycles. The summed E-state index contributed by atoms with van der Waals surface area (Å²) in [6, 6.07) is 2.39. The molecule has 5 rings (SSSR count). The van der Waals surface area contributed by atoms with E-state index in [2.05, 4.69) is 10.3 Å². The lowest BCUT2D eigenvalue weighted by Gasteiger charge is -2.32. The van der Waals surface area contributed by atoms with Crippen LogP contribution in [0, 0.1) is 11.3 Å². The maximum atomic E-state index is 14.4. The van der Waals surface area contributed by atoms with Crippen LogP contribution < -0.4 is 10.2 Å². The number of carbonyl (C=O) groups is 3. The van der Waals surface area contributed by atoms with Gasteiger partial charge in [-0.1, -0.05) is 12.2 Å². The van der Waals surface area contributed by atoms with Gasteiger partial charge in [0.05, 0.1) is 52.9 Å². The highest BCUT2D eigenvalue weighted by Gasteiger charge is 2.42. The number of hydrogen-bond acceptors (Lipinski definition) is 6. The molecule has 0 saturated carbocycles. The minimum absolute atomic E-state index is 0.0852. The second-order valence-electron chi connectivity index (χ2n) is 10.1. The van der Waals surface area contributed by atoms with Crippen LogP contribution in [0.2, 0.25) is 0 Å². The number of aliphatic imine (C=N–C) groups is 1. The van der Waals surface area contributed by atoms with Crippen molar-refractivity contribution in [3.05, 3.63) is 64.3 Å². The number of fused-ring (bicyclic) bond motifs is 1. The van der Waals surface area contributed by atoms with Crippen molar-refractivity contribution >= 4 is 29.1 Å². The lowest BCUT2D eigenvalue weighted by atomic mass is 9.91. The number of hydrogen-bond donors (Lipinski definition) is 1. The van der Waals surface area contributed by atoms with E-state index in [1.165, 1.54) is 28.0 Å². The molecule has 3 amide bonds. The number of rotatable bonds is 4. The average Bonchev–Trinajstić information content (AvgIpc) is 3.31. The number of nitrogens with zero attached hydrogens (tertiary/aromatic N) is 4. The summed E-state index contributed by atoms with van der Waals surface area (Å²) in [4.78, 5) is 45.3. The molecule has 41 heavy (non-hydrogen) atoms. The highest BCUT2D eigenvalue weighted by Crippen LogP contribution is 2.42. The summed E-state index contributed by atoms with van der Waals surface area (Å²) in [6.07, 6.45) is -1.25. The molecule has 9 nitrogen and oxygen atoms in total. The van der Waals surface area contributed by atoms with E-state index in [-0.39, 0.29) is 72.9 Å². The molecular formula is C28H25F4N5O4. The molecule has 1 aliphatic carbocycles. The fourth-order valence-corrected chi connectivity index (χ4v) is 5.50. The van der Waals surface area contributed by atoms with Gasteiger partial charge in [-0.3, -0.25) is 14.4 Å². The van der Waals surface area contributed by atoms with Crippen molar-refractivity contribution in [3.63, 3.8) is 0 Å². The molecule has 4 aliphatic rings. The summed E-state index contributed by atoms with van der Waals surface area (Å²) in [5, 5.41) is 12.2. The first kappa shape index (κ1) is 28.2. The zero-order valence-corrected chi connectivity index (χ0v) is 21.9. The van der Waals surface area contributed by atoms with Gasteiger partial charge in [0, 0.05) is 43.4 Å². The van der Waals surface area contributed by atoms with Crippen LogP contribution >= 0.6 is 0 Å². The number of ether oxygens (including phenoxy) is 1. The Morgan fingerprint density at radius 3 is 2.63 bits per heavy atom. The van der Waals surface area contributed by atoms with E-state index >= 15 is 0 Å². The lowest BCUT2D eigenvalue weighted by Crippen LogP contribution is -2.42. The molecule has 0 radical (unpaired) electrons. The number of allylic oxidation sites excluding steroid dienone is 3. The fourth-order valence-electron chi connectivity index (χ4n) is 5.50.